The van der Waals surface area contributed by atoms with Crippen molar-refractivity contribution in [3.8, 4) is 0 Å². The Hall–Kier alpha value is -0.610. The molecule has 0 aliphatic carbocycles. The molecule has 2 saturated heterocycles. The monoisotopic (exact) mass is 212 g/mol. The first-order valence-electron chi connectivity index (χ1n) is 5.79. The van der Waals surface area contributed by atoms with Crippen LogP contribution in [0.4, 0.5) is 0 Å². The van der Waals surface area contributed by atoms with Crippen molar-refractivity contribution in [2.24, 2.45) is 11.8 Å². The molecule has 0 aromatic rings. The molecule has 2 fully saturated rings. The molecule has 15 heavy (non-hydrogen) atoms. The van der Waals surface area contributed by atoms with Gasteiger partial charge in [-0.25, -0.2) is 0 Å². The van der Waals surface area contributed by atoms with Crippen LogP contribution in [0.15, 0.2) is 0 Å². The summed E-state index contributed by atoms with van der Waals surface area (Å²) in [7, 11) is 1.73. The van der Waals surface area contributed by atoms with Crippen LogP contribution in [0, 0.1) is 11.8 Å². The predicted octanol–water partition coefficient (Wildman–Crippen LogP) is 0.0908. The minimum absolute atomic E-state index is 0.228. The van der Waals surface area contributed by atoms with Crippen molar-refractivity contribution < 1.29 is 9.53 Å². The molecule has 2 heterocycles. The lowest BCUT2D eigenvalue weighted by Gasteiger charge is -2.20. The van der Waals surface area contributed by atoms with Crippen LogP contribution in [0.25, 0.3) is 0 Å². The summed E-state index contributed by atoms with van der Waals surface area (Å²) in [5.41, 5.74) is 0. The summed E-state index contributed by atoms with van der Waals surface area (Å²) in [5, 5.41) is 3.24. The van der Waals surface area contributed by atoms with Gasteiger partial charge >= 0.3 is 0 Å². The van der Waals surface area contributed by atoms with Crippen LogP contribution < -0.4 is 5.32 Å². The summed E-state index contributed by atoms with van der Waals surface area (Å²) >= 11 is 0. The highest BCUT2D eigenvalue weighted by molar-refractivity contribution is 5.79. The second kappa shape index (κ2) is 4.94. The maximum absolute atomic E-state index is 12.0. The van der Waals surface area contributed by atoms with Gasteiger partial charge in [0.05, 0.1) is 12.5 Å². The first-order valence-corrected chi connectivity index (χ1v) is 5.79. The van der Waals surface area contributed by atoms with Gasteiger partial charge in [-0.2, -0.15) is 0 Å². The molecular formula is C11H20N2O2. The normalized spacial score (nSPS) is 31.1. The van der Waals surface area contributed by atoms with E-state index in [1.54, 1.807) is 7.11 Å². The molecule has 86 valence electrons. The minimum atomic E-state index is 0.228. The lowest BCUT2D eigenvalue weighted by atomic mass is 10.1. The zero-order valence-electron chi connectivity index (χ0n) is 9.37. The second-order valence-electron chi connectivity index (χ2n) is 4.58. The largest absolute Gasteiger partial charge is 0.384 e. The second-order valence-corrected chi connectivity index (χ2v) is 4.58. The van der Waals surface area contributed by atoms with Crippen LogP contribution in [0.5, 0.6) is 0 Å². The van der Waals surface area contributed by atoms with Crippen molar-refractivity contribution in [3.63, 3.8) is 0 Å². The van der Waals surface area contributed by atoms with Gasteiger partial charge in [0.2, 0.25) is 5.91 Å². The number of nitrogens with one attached hydrogen (secondary N) is 1. The van der Waals surface area contributed by atoms with E-state index in [0.717, 1.165) is 45.6 Å². The van der Waals surface area contributed by atoms with E-state index in [1.807, 2.05) is 4.90 Å². The third-order valence-electron chi connectivity index (χ3n) is 3.41. The van der Waals surface area contributed by atoms with Gasteiger partial charge in [-0.1, -0.05) is 0 Å². The average Bonchev–Trinajstić information content (AvgIpc) is 2.87. The number of carbonyl (C=O) groups is 1. The van der Waals surface area contributed by atoms with Gasteiger partial charge < -0.3 is 15.0 Å². The number of nitrogens with zero attached hydrogens (tertiary/aromatic N) is 1. The fraction of sp³-hybridized carbons (Fsp3) is 0.909. The van der Waals surface area contributed by atoms with Crippen LogP contribution in [-0.4, -0.2) is 50.7 Å². The fourth-order valence-corrected chi connectivity index (χ4v) is 2.53. The molecule has 0 unspecified atom stereocenters. The molecule has 2 rings (SSSR count). The summed E-state index contributed by atoms with van der Waals surface area (Å²) in [6, 6.07) is 0. The SMILES string of the molecule is COC[C@@H]1CCN(C(=O)[C@H]2CCNC2)C1. The molecular weight excluding hydrogens is 192 g/mol. The molecule has 4 heteroatoms. The smallest absolute Gasteiger partial charge is 0.227 e. The molecule has 0 aromatic carbocycles. The Morgan fingerprint density at radius 1 is 1.53 bits per heavy atom. The Bertz CT molecular complexity index is 227. The Labute approximate surface area is 91.0 Å². The Kier molecular flexibility index (Phi) is 3.59. The number of hydrogen-bond acceptors (Lipinski definition) is 3. The van der Waals surface area contributed by atoms with E-state index >= 15 is 0 Å². The van der Waals surface area contributed by atoms with Gasteiger partial charge in [-0.3, -0.25) is 4.79 Å². The molecule has 0 aromatic heterocycles. The van der Waals surface area contributed by atoms with Crippen molar-refractivity contribution in [3.05, 3.63) is 0 Å². The van der Waals surface area contributed by atoms with E-state index in [-0.39, 0.29) is 5.92 Å². The zero-order chi connectivity index (χ0) is 10.7. The Morgan fingerprint density at radius 2 is 2.40 bits per heavy atom. The van der Waals surface area contributed by atoms with E-state index in [4.69, 9.17) is 4.74 Å². The highest BCUT2D eigenvalue weighted by Crippen LogP contribution is 2.20. The van der Waals surface area contributed by atoms with Gasteiger partial charge in [0, 0.05) is 32.7 Å². The number of likely N-dealkylation sites (tertiary alicyclic amines) is 1. The summed E-state index contributed by atoms with van der Waals surface area (Å²) in [5.74, 6) is 1.12. The predicted molar refractivity (Wildman–Crippen MR) is 57.5 cm³/mol. The van der Waals surface area contributed by atoms with Gasteiger partial charge in [0.1, 0.15) is 0 Å². The van der Waals surface area contributed by atoms with Crippen LogP contribution in [0.3, 0.4) is 0 Å². The molecule has 0 saturated carbocycles. The minimum Gasteiger partial charge on any atom is -0.384 e. The first-order chi connectivity index (χ1) is 7.31. The van der Waals surface area contributed by atoms with Gasteiger partial charge in [-0.15, -0.1) is 0 Å². The molecule has 2 aliphatic rings. The van der Waals surface area contributed by atoms with E-state index in [9.17, 15) is 4.79 Å². The van der Waals surface area contributed by atoms with Crippen molar-refractivity contribution >= 4 is 5.91 Å². The number of hydrogen-bond donors (Lipinski definition) is 1. The summed E-state index contributed by atoms with van der Waals surface area (Å²) in [6.45, 7) is 4.45. The van der Waals surface area contributed by atoms with Crippen molar-refractivity contribution in [1.82, 2.24) is 10.2 Å². The maximum atomic E-state index is 12.0. The quantitative estimate of drug-likeness (QED) is 0.721. The molecule has 1 amide bonds. The van der Waals surface area contributed by atoms with Crippen LogP contribution in [0.1, 0.15) is 12.8 Å². The van der Waals surface area contributed by atoms with Crippen molar-refractivity contribution in [2.75, 3.05) is 39.9 Å². The number of rotatable bonds is 3. The Balaban J connectivity index is 1.81. The van der Waals surface area contributed by atoms with E-state index in [0.29, 0.717) is 11.8 Å². The van der Waals surface area contributed by atoms with Crippen LogP contribution >= 0.6 is 0 Å². The first kappa shape index (κ1) is 10.9. The van der Waals surface area contributed by atoms with Crippen molar-refractivity contribution in [2.45, 2.75) is 12.8 Å². The lowest BCUT2D eigenvalue weighted by Crippen LogP contribution is -2.35. The lowest BCUT2D eigenvalue weighted by molar-refractivity contribution is -0.134. The van der Waals surface area contributed by atoms with Gasteiger partial charge in [0.25, 0.3) is 0 Å². The Morgan fingerprint density at radius 3 is 3.07 bits per heavy atom. The number of ether oxygens (including phenoxy) is 1. The van der Waals surface area contributed by atoms with E-state index in [2.05, 4.69) is 5.32 Å². The summed E-state index contributed by atoms with van der Waals surface area (Å²) < 4.78 is 5.13. The highest BCUT2D eigenvalue weighted by atomic mass is 16.5. The topological polar surface area (TPSA) is 41.6 Å². The molecule has 4 nitrogen and oxygen atoms in total. The molecule has 0 spiro atoms. The van der Waals surface area contributed by atoms with Gasteiger partial charge in [-0.05, 0) is 19.4 Å². The fourth-order valence-electron chi connectivity index (χ4n) is 2.53. The number of amides is 1. The number of carbonyl (C=O) groups excluding carboxylic acids is 1. The molecule has 1 N–H and O–H groups in total. The number of methoxy groups -OCH3 is 1. The third-order valence-corrected chi connectivity index (χ3v) is 3.41. The average molecular weight is 212 g/mol. The van der Waals surface area contributed by atoms with E-state index < -0.39 is 0 Å². The molecule has 2 atom stereocenters. The van der Waals surface area contributed by atoms with E-state index in [1.165, 1.54) is 0 Å². The van der Waals surface area contributed by atoms with Crippen LogP contribution in [-0.2, 0) is 9.53 Å². The molecule has 0 radical (unpaired) electrons. The maximum Gasteiger partial charge on any atom is 0.227 e. The summed E-state index contributed by atoms with van der Waals surface area (Å²) in [6.07, 6.45) is 2.10. The zero-order valence-corrected chi connectivity index (χ0v) is 9.37. The van der Waals surface area contributed by atoms with Gasteiger partial charge in [0.15, 0.2) is 0 Å². The highest BCUT2D eigenvalue weighted by Gasteiger charge is 2.31. The third kappa shape index (κ3) is 2.49. The molecule has 0 bridgehead atoms. The van der Waals surface area contributed by atoms with Crippen molar-refractivity contribution in [1.29, 1.82) is 0 Å². The molecule has 2 aliphatic heterocycles. The van der Waals surface area contributed by atoms with Crippen LogP contribution in [0.2, 0.25) is 0 Å². The standard InChI is InChI=1S/C11H20N2O2/c1-15-8-9-3-5-13(7-9)11(14)10-2-4-12-6-10/h9-10,12H,2-8H2,1H3/t9-,10+/m1/s1. The summed E-state index contributed by atoms with van der Waals surface area (Å²) in [4.78, 5) is 14.1.